The van der Waals surface area contributed by atoms with Crippen molar-refractivity contribution in [1.29, 1.82) is 0 Å². The molecule has 1 aromatic carbocycles. The minimum Gasteiger partial charge on any atom is -0.493 e. The van der Waals surface area contributed by atoms with Crippen LogP contribution < -0.4 is 15.4 Å². The van der Waals surface area contributed by atoms with Gasteiger partial charge in [-0.25, -0.2) is 0 Å². The second-order valence-corrected chi connectivity index (χ2v) is 5.75. The van der Waals surface area contributed by atoms with Crippen molar-refractivity contribution in [3.05, 3.63) is 30.3 Å². The Morgan fingerprint density at radius 2 is 2.00 bits per heavy atom. The van der Waals surface area contributed by atoms with Crippen molar-refractivity contribution in [3.8, 4) is 5.75 Å². The van der Waals surface area contributed by atoms with Gasteiger partial charge in [-0.3, -0.25) is 4.79 Å². The number of piperidine rings is 1. The normalized spacial score (nSPS) is 17.4. The van der Waals surface area contributed by atoms with Gasteiger partial charge in [-0.2, -0.15) is 0 Å². The first-order chi connectivity index (χ1) is 9.68. The molecule has 1 aromatic rings. The Bertz CT molecular complexity index is 414. The fourth-order valence-electron chi connectivity index (χ4n) is 2.39. The molecule has 2 rings (SSSR count). The van der Waals surface area contributed by atoms with Crippen LogP contribution in [0.4, 0.5) is 0 Å². The average Bonchev–Trinajstić information content (AvgIpc) is 2.47. The van der Waals surface area contributed by atoms with Crippen LogP contribution in [-0.2, 0) is 4.79 Å². The second-order valence-electron chi connectivity index (χ2n) is 5.75. The van der Waals surface area contributed by atoms with Crippen molar-refractivity contribution in [3.63, 3.8) is 0 Å². The van der Waals surface area contributed by atoms with E-state index in [2.05, 4.69) is 17.6 Å². The van der Waals surface area contributed by atoms with Gasteiger partial charge in [0.05, 0.1) is 13.0 Å². The van der Waals surface area contributed by atoms with Gasteiger partial charge in [-0.1, -0.05) is 25.1 Å². The van der Waals surface area contributed by atoms with E-state index in [4.69, 9.17) is 4.74 Å². The van der Waals surface area contributed by atoms with E-state index in [1.807, 2.05) is 30.3 Å². The molecule has 0 aliphatic carbocycles. The Hall–Kier alpha value is -1.55. The van der Waals surface area contributed by atoms with E-state index in [1.54, 1.807) is 0 Å². The Balaban J connectivity index is 1.63. The van der Waals surface area contributed by atoms with Gasteiger partial charge >= 0.3 is 0 Å². The molecule has 1 aliphatic heterocycles. The summed E-state index contributed by atoms with van der Waals surface area (Å²) in [5.41, 5.74) is 0.237. The standard InChI is InChI=1S/C16H24N2O2/c1-16(8-10-17-11-9-16)13-18-15(19)7-12-20-14-5-3-2-4-6-14/h2-6,17H,7-13H2,1H3,(H,18,19). The maximum atomic E-state index is 11.8. The number of ether oxygens (including phenoxy) is 1. The monoisotopic (exact) mass is 276 g/mol. The molecule has 1 heterocycles. The van der Waals surface area contributed by atoms with Crippen LogP contribution in [0.1, 0.15) is 26.2 Å². The summed E-state index contributed by atoms with van der Waals surface area (Å²) in [6.07, 6.45) is 2.64. The van der Waals surface area contributed by atoms with Gasteiger partial charge in [-0.15, -0.1) is 0 Å². The number of carbonyl (C=O) groups is 1. The first-order valence-corrected chi connectivity index (χ1v) is 7.33. The summed E-state index contributed by atoms with van der Waals surface area (Å²) in [7, 11) is 0. The van der Waals surface area contributed by atoms with E-state index in [9.17, 15) is 4.79 Å². The molecule has 4 nitrogen and oxygen atoms in total. The summed E-state index contributed by atoms with van der Waals surface area (Å²) in [6, 6.07) is 9.59. The van der Waals surface area contributed by atoms with Crippen molar-refractivity contribution in [2.24, 2.45) is 5.41 Å². The molecule has 1 fully saturated rings. The Morgan fingerprint density at radius 1 is 1.30 bits per heavy atom. The summed E-state index contributed by atoms with van der Waals surface area (Å²) in [5, 5.41) is 6.38. The Kier molecular flexibility index (Phi) is 5.41. The highest BCUT2D eigenvalue weighted by atomic mass is 16.5. The molecule has 110 valence electrons. The molecular formula is C16H24N2O2. The van der Waals surface area contributed by atoms with E-state index in [0.717, 1.165) is 38.2 Å². The zero-order valence-corrected chi connectivity index (χ0v) is 12.2. The van der Waals surface area contributed by atoms with Crippen LogP contribution in [0.5, 0.6) is 5.75 Å². The van der Waals surface area contributed by atoms with Crippen molar-refractivity contribution < 1.29 is 9.53 Å². The molecule has 2 N–H and O–H groups in total. The molecule has 4 heteroatoms. The van der Waals surface area contributed by atoms with Crippen LogP contribution >= 0.6 is 0 Å². The quantitative estimate of drug-likeness (QED) is 0.835. The number of nitrogens with one attached hydrogen (secondary N) is 2. The summed E-state index contributed by atoms with van der Waals surface area (Å²) < 4.78 is 5.52. The number of amides is 1. The molecule has 1 amide bonds. The van der Waals surface area contributed by atoms with Gasteiger partial charge < -0.3 is 15.4 Å². The number of benzene rings is 1. The molecule has 0 bridgehead atoms. The van der Waals surface area contributed by atoms with Gasteiger partial charge in [0.2, 0.25) is 5.91 Å². The van der Waals surface area contributed by atoms with Gasteiger partial charge in [-0.05, 0) is 43.5 Å². The number of rotatable bonds is 6. The third-order valence-corrected chi connectivity index (χ3v) is 3.86. The Morgan fingerprint density at radius 3 is 2.70 bits per heavy atom. The lowest BCUT2D eigenvalue weighted by molar-refractivity contribution is -0.122. The third-order valence-electron chi connectivity index (χ3n) is 3.86. The molecule has 1 aliphatic rings. The minimum atomic E-state index is 0.0701. The summed E-state index contributed by atoms with van der Waals surface area (Å²) in [5.74, 6) is 0.881. The van der Waals surface area contributed by atoms with Crippen LogP contribution in [0, 0.1) is 5.41 Å². The fourth-order valence-corrected chi connectivity index (χ4v) is 2.39. The SMILES string of the molecule is CC1(CNC(=O)CCOc2ccccc2)CCNCC1. The predicted octanol–water partition coefficient (Wildman–Crippen LogP) is 1.96. The lowest BCUT2D eigenvalue weighted by Crippen LogP contribution is -2.43. The second kappa shape index (κ2) is 7.29. The smallest absolute Gasteiger partial charge is 0.223 e. The molecule has 1 saturated heterocycles. The van der Waals surface area contributed by atoms with Crippen molar-refractivity contribution in [2.45, 2.75) is 26.2 Å². The minimum absolute atomic E-state index is 0.0701. The lowest BCUT2D eigenvalue weighted by Gasteiger charge is -2.34. The van der Waals surface area contributed by atoms with Crippen molar-refractivity contribution in [2.75, 3.05) is 26.2 Å². The zero-order chi connectivity index (χ0) is 14.3. The average molecular weight is 276 g/mol. The highest BCUT2D eigenvalue weighted by Crippen LogP contribution is 2.26. The lowest BCUT2D eigenvalue weighted by atomic mass is 9.81. The molecule has 0 spiro atoms. The molecule has 0 atom stereocenters. The predicted molar refractivity (Wildman–Crippen MR) is 79.8 cm³/mol. The largest absolute Gasteiger partial charge is 0.493 e. The number of para-hydroxylation sites is 1. The number of carbonyl (C=O) groups excluding carboxylic acids is 1. The van der Waals surface area contributed by atoms with Crippen molar-refractivity contribution in [1.82, 2.24) is 10.6 Å². The summed E-state index contributed by atoms with van der Waals surface area (Å²) >= 11 is 0. The number of hydrogen-bond donors (Lipinski definition) is 2. The van der Waals surface area contributed by atoms with Gasteiger partial charge in [0, 0.05) is 6.54 Å². The summed E-state index contributed by atoms with van der Waals surface area (Å²) in [4.78, 5) is 11.8. The van der Waals surface area contributed by atoms with E-state index in [0.29, 0.717) is 13.0 Å². The maximum Gasteiger partial charge on any atom is 0.223 e. The van der Waals surface area contributed by atoms with E-state index < -0.39 is 0 Å². The highest BCUT2D eigenvalue weighted by Gasteiger charge is 2.26. The third kappa shape index (κ3) is 4.85. The number of hydrogen-bond acceptors (Lipinski definition) is 3. The first kappa shape index (κ1) is 14.9. The van der Waals surface area contributed by atoms with Crippen LogP contribution in [0.25, 0.3) is 0 Å². The topological polar surface area (TPSA) is 50.4 Å². The van der Waals surface area contributed by atoms with E-state index in [1.165, 1.54) is 0 Å². The van der Waals surface area contributed by atoms with Gasteiger partial charge in [0.1, 0.15) is 5.75 Å². The Labute approximate surface area is 120 Å². The molecule has 0 unspecified atom stereocenters. The van der Waals surface area contributed by atoms with E-state index >= 15 is 0 Å². The first-order valence-electron chi connectivity index (χ1n) is 7.33. The molecule has 0 saturated carbocycles. The van der Waals surface area contributed by atoms with Crippen molar-refractivity contribution >= 4 is 5.91 Å². The zero-order valence-electron chi connectivity index (χ0n) is 12.2. The van der Waals surface area contributed by atoms with E-state index in [-0.39, 0.29) is 11.3 Å². The maximum absolute atomic E-state index is 11.8. The highest BCUT2D eigenvalue weighted by molar-refractivity contribution is 5.76. The summed E-state index contributed by atoms with van der Waals surface area (Å²) in [6.45, 7) is 5.52. The molecule has 20 heavy (non-hydrogen) atoms. The molecular weight excluding hydrogens is 252 g/mol. The molecule has 0 radical (unpaired) electrons. The van der Waals surface area contributed by atoms with Gasteiger partial charge in [0.25, 0.3) is 0 Å². The van der Waals surface area contributed by atoms with Crippen LogP contribution in [0.15, 0.2) is 30.3 Å². The van der Waals surface area contributed by atoms with Gasteiger partial charge in [0.15, 0.2) is 0 Å². The van der Waals surface area contributed by atoms with Crippen LogP contribution in [0.2, 0.25) is 0 Å². The molecule has 0 aromatic heterocycles. The fraction of sp³-hybridized carbons (Fsp3) is 0.562. The van der Waals surface area contributed by atoms with Crippen LogP contribution in [-0.4, -0.2) is 32.1 Å². The van der Waals surface area contributed by atoms with Crippen LogP contribution in [0.3, 0.4) is 0 Å².